The zero-order valence-electron chi connectivity index (χ0n) is 12.3. The van der Waals surface area contributed by atoms with E-state index in [2.05, 4.69) is 16.8 Å². The summed E-state index contributed by atoms with van der Waals surface area (Å²) in [6.45, 7) is 2.02. The van der Waals surface area contributed by atoms with E-state index in [1.165, 1.54) is 30.4 Å². The van der Waals surface area contributed by atoms with E-state index in [9.17, 15) is 4.79 Å². The van der Waals surface area contributed by atoms with Gasteiger partial charge < -0.3 is 10.1 Å². The van der Waals surface area contributed by atoms with Crippen molar-refractivity contribution >= 4 is 23.0 Å². The summed E-state index contributed by atoms with van der Waals surface area (Å²) in [7, 11) is 1.41. The quantitative estimate of drug-likeness (QED) is 0.857. The first kappa shape index (κ1) is 14.1. The Morgan fingerprint density at radius 1 is 1.38 bits per heavy atom. The second-order valence-corrected chi connectivity index (χ2v) is 6.41. The number of rotatable bonds is 3. The molecule has 1 heterocycles. The number of methoxy groups -OCH3 is 1. The van der Waals surface area contributed by atoms with Gasteiger partial charge in [-0.1, -0.05) is 0 Å². The average Bonchev–Trinajstić information content (AvgIpc) is 2.98. The van der Waals surface area contributed by atoms with Crippen molar-refractivity contribution in [1.29, 1.82) is 0 Å². The van der Waals surface area contributed by atoms with Gasteiger partial charge in [-0.25, -0.2) is 4.79 Å². The second kappa shape index (κ2) is 5.90. The highest BCUT2D eigenvalue weighted by atomic mass is 32.1. The van der Waals surface area contributed by atoms with Crippen LogP contribution in [0.2, 0.25) is 0 Å². The van der Waals surface area contributed by atoms with Crippen LogP contribution in [0.4, 0.5) is 5.69 Å². The Bertz CT molecular complexity index is 663. The number of aryl methyl sites for hydroxylation is 2. The Hall–Kier alpha value is -1.81. The van der Waals surface area contributed by atoms with E-state index >= 15 is 0 Å². The second-order valence-electron chi connectivity index (χ2n) is 5.41. The summed E-state index contributed by atoms with van der Waals surface area (Å²) in [4.78, 5) is 13.1. The van der Waals surface area contributed by atoms with Gasteiger partial charge in [-0.15, -0.1) is 11.3 Å². The molecule has 0 saturated carbocycles. The predicted octanol–water partition coefficient (Wildman–Crippen LogP) is 4.33. The van der Waals surface area contributed by atoms with Crippen LogP contribution < -0.4 is 5.32 Å². The third-order valence-corrected chi connectivity index (χ3v) is 5.03. The number of esters is 1. The molecule has 1 aromatic carbocycles. The van der Waals surface area contributed by atoms with Crippen LogP contribution in [-0.2, 0) is 11.2 Å². The van der Waals surface area contributed by atoms with Crippen LogP contribution in [0.25, 0.3) is 0 Å². The fourth-order valence-electron chi connectivity index (χ4n) is 2.89. The van der Waals surface area contributed by atoms with Gasteiger partial charge in [0.2, 0.25) is 0 Å². The zero-order chi connectivity index (χ0) is 14.8. The average molecular weight is 301 g/mol. The molecule has 0 aliphatic heterocycles. The Balaban J connectivity index is 1.82. The Morgan fingerprint density at radius 3 is 3.00 bits per heavy atom. The number of hydrogen-bond donors (Lipinski definition) is 1. The van der Waals surface area contributed by atoms with E-state index in [1.54, 1.807) is 0 Å². The lowest BCUT2D eigenvalue weighted by atomic mass is 9.93. The summed E-state index contributed by atoms with van der Waals surface area (Å²) in [6.07, 6.45) is 3.58. The Kier molecular flexibility index (Phi) is 3.97. The molecule has 1 unspecified atom stereocenters. The number of thiophene rings is 1. The highest BCUT2D eigenvalue weighted by Gasteiger charge is 2.21. The van der Waals surface area contributed by atoms with Crippen LogP contribution in [0.15, 0.2) is 29.6 Å². The van der Waals surface area contributed by atoms with Crippen molar-refractivity contribution in [2.24, 2.45) is 0 Å². The molecule has 110 valence electrons. The molecule has 0 fully saturated rings. The number of anilines is 1. The molecule has 0 radical (unpaired) electrons. The molecule has 1 N–H and O–H groups in total. The maximum atomic E-state index is 11.6. The Labute approximate surface area is 129 Å². The SMILES string of the molecule is COC(=O)c1ccc(NC2CCCc3sccc32)c(C)c1. The van der Waals surface area contributed by atoms with Crippen LogP contribution in [0, 0.1) is 6.92 Å². The molecular weight excluding hydrogens is 282 g/mol. The van der Waals surface area contributed by atoms with Gasteiger partial charge in [0.1, 0.15) is 0 Å². The standard InChI is InChI=1S/C17H19NO2S/c1-11-10-12(17(19)20-2)6-7-14(11)18-15-4-3-5-16-13(15)8-9-21-16/h6-10,15,18H,3-5H2,1-2H3. The predicted molar refractivity (Wildman–Crippen MR) is 86.1 cm³/mol. The first-order valence-electron chi connectivity index (χ1n) is 7.21. The molecule has 1 atom stereocenters. The maximum absolute atomic E-state index is 11.6. The third-order valence-electron chi connectivity index (χ3n) is 4.03. The van der Waals surface area contributed by atoms with Crippen molar-refractivity contribution in [3.63, 3.8) is 0 Å². The summed E-state index contributed by atoms with van der Waals surface area (Å²) < 4.78 is 4.76. The van der Waals surface area contributed by atoms with E-state index in [4.69, 9.17) is 4.74 Å². The van der Waals surface area contributed by atoms with Crippen LogP contribution >= 0.6 is 11.3 Å². The lowest BCUT2D eigenvalue weighted by molar-refractivity contribution is 0.0600. The van der Waals surface area contributed by atoms with E-state index in [0.717, 1.165) is 17.7 Å². The number of fused-ring (bicyclic) bond motifs is 1. The monoisotopic (exact) mass is 301 g/mol. The number of benzene rings is 1. The van der Waals surface area contributed by atoms with Crippen LogP contribution in [0.1, 0.15) is 45.2 Å². The minimum Gasteiger partial charge on any atom is -0.465 e. The molecule has 0 saturated heterocycles. The molecule has 0 bridgehead atoms. The molecule has 3 nitrogen and oxygen atoms in total. The highest BCUT2D eigenvalue weighted by Crippen LogP contribution is 2.36. The van der Waals surface area contributed by atoms with Crippen molar-refractivity contribution in [2.75, 3.05) is 12.4 Å². The normalized spacial score (nSPS) is 17.1. The first-order chi connectivity index (χ1) is 10.2. The minimum absolute atomic E-state index is 0.289. The molecule has 1 aliphatic rings. The van der Waals surface area contributed by atoms with Gasteiger partial charge in [0, 0.05) is 10.6 Å². The number of hydrogen-bond acceptors (Lipinski definition) is 4. The van der Waals surface area contributed by atoms with Crippen molar-refractivity contribution in [2.45, 2.75) is 32.2 Å². The van der Waals surface area contributed by atoms with Gasteiger partial charge in [-0.05, 0) is 67.0 Å². The Morgan fingerprint density at radius 2 is 2.24 bits per heavy atom. The van der Waals surface area contributed by atoms with Gasteiger partial charge in [-0.2, -0.15) is 0 Å². The number of nitrogens with one attached hydrogen (secondary N) is 1. The summed E-state index contributed by atoms with van der Waals surface area (Å²) in [5, 5.41) is 5.81. The van der Waals surface area contributed by atoms with Crippen molar-refractivity contribution in [3.05, 3.63) is 51.2 Å². The first-order valence-corrected chi connectivity index (χ1v) is 8.09. The van der Waals surface area contributed by atoms with E-state index in [1.807, 2.05) is 36.5 Å². The van der Waals surface area contributed by atoms with Crippen LogP contribution in [0.5, 0.6) is 0 Å². The smallest absolute Gasteiger partial charge is 0.337 e. The molecule has 4 heteroatoms. The molecule has 0 amide bonds. The topological polar surface area (TPSA) is 38.3 Å². The fraction of sp³-hybridized carbons (Fsp3) is 0.353. The minimum atomic E-state index is -0.289. The number of ether oxygens (including phenoxy) is 1. The van der Waals surface area contributed by atoms with Gasteiger partial charge in [0.05, 0.1) is 18.7 Å². The molecule has 1 aromatic heterocycles. The molecule has 0 spiro atoms. The van der Waals surface area contributed by atoms with Crippen molar-refractivity contribution < 1.29 is 9.53 Å². The number of carbonyl (C=O) groups excluding carboxylic acids is 1. The summed E-state index contributed by atoms with van der Waals surface area (Å²) in [5.41, 5.74) is 4.19. The van der Waals surface area contributed by atoms with E-state index < -0.39 is 0 Å². The largest absolute Gasteiger partial charge is 0.465 e. The van der Waals surface area contributed by atoms with Gasteiger partial charge >= 0.3 is 5.97 Å². The molecule has 2 aromatic rings. The zero-order valence-corrected chi connectivity index (χ0v) is 13.1. The number of carbonyl (C=O) groups is 1. The summed E-state index contributed by atoms with van der Waals surface area (Å²) in [5.74, 6) is -0.289. The summed E-state index contributed by atoms with van der Waals surface area (Å²) >= 11 is 1.85. The lowest BCUT2D eigenvalue weighted by Gasteiger charge is -2.25. The van der Waals surface area contributed by atoms with E-state index in [-0.39, 0.29) is 5.97 Å². The van der Waals surface area contributed by atoms with Crippen molar-refractivity contribution in [3.8, 4) is 0 Å². The van der Waals surface area contributed by atoms with Crippen LogP contribution in [0.3, 0.4) is 0 Å². The van der Waals surface area contributed by atoms with Gasteiger partial charge in [0.25, 0.3) is 0 Å². The molecular formula is C17H19NO2S. The molecule has 1 aliphatic carbocycles. The molecule has 3 rings (SSSR count). The fourth-order valence-corrected chi connectivity index (χ4v) is 3.88. The van der Waals surface area contributed by atoms with Gasteiger partial charge in [0.15, 0.2) is 0 Å². The lowest BCUT2D eigenvalue weighted by Crippen LogP contribution is -2.16. The maximum Gasteiger partial charge on any atom is 0.337 e. The highest BCUT2D eigenvalue weighted by molar-refractivity contribution is 7.10. The van der Waals surface area contributed by atoms with Gasteiger partial charge in [-0.3, -0.25) is 0 Å². The summed E-state index contributed by atoms with van der Waals surface area (Å²) in [6, 6.07) is 8.28. The molecule has 21 heavy (non-hydrogen) atoms. The van der Waals surface area contributed by atoms with E-state index in [0.29, 0.717) is 11.6 Å². The van der Waals surface area contributed by atoms with Crippen molar-refractivity contribution in [1.82, 2.24) is 0 Å². The third kappa shape index (κ3) is 2.81. The van der Waals surface area contributed by atoms with Crippen LogP contribution in [-0.4, -0.2) is 13.1 Å².